The summed E-state index contributed by atoms with van der Waals surface area (Å²) in [6, 6.07) is 4.40. The molecule has 0 aliphatic carbocycles. The van der Waals surface area contributed by atoms with Gasteiger partial charge in [-0.25, -0.2) is 9.78 Å². The van der Waals surface area contributed by atoms with Gasteiger partial charge >= 0.3 is 12.1 Å². The van der Waals surface area contributed by atoms with E-state index in [1.54, 1.807) is 0 Å². The van der Waals surface area contributed by atoms with E-state index in [4.69, 9.17) is 9.72 Å². The van der Waals surface area contributed by atoms with Gasteiger partial charge in [-0.05, 0) is 68.4 Å². The molecular formula is C26H41N3O4. The zero-order chi connectivity index (χ0) is 23.7. The molecule has 0 saturated carbocycles. The molecule has 33 heavy (non-hydrogen) atoms. The quantitative estimate of drug-likeness (QED) is 0.345. The third kappa shape index (κ3) is 7.61. The maximum atomic E-state index is 12.4. The summed E-state index contributed by atoms with van der Waals surface area (Å²) in [5, 5.41) is 12.6. The van der Waals surface area contributed by atoms with Crippen LogP contribution in [-0.2, 0) is 22.4 Å². The van der Waals surface area contributed by atoms with Crippen LogP contribution in [0.3, 0.4) is 0 Å². The number of rotatable bonds is 11. The summed E-state index contributed by atoms with van der Waals surface area (Å²) in [6.07, 6.45) is 11.4. The van der Waals surface area contributed by atoms with Crippen molar-refractivity contribution in [3.8, 4) is 0 Å². The molecule has 2 aliphatic rings. The Labute approximate surface area is 198 Å². The standard InChI is InChI=1S/C26H41N3O4/c1-26(14-17-29(18-15-26)25(31)32)19-21(24(30)33-2)9-6-4-3-5-7-11-22-13-12-20-10-8-16-27-23(20)28-22/h12-13,21H,3-11,14-19H2,1-2H3,(H,27,28)(H,31,32). The van der Waals surface area contributed by atoms with E-state index in [9.17, 15) is 14.7 Å². The molecule has 1 unspecified atom stereocenters. The first kappa shape index (κ1) is 25.3. The van der Waals surface area contributed by atoms with E-state index in [1.807, 2.05) is 0 Å². The van der Waals surface area contributed by atoms with Crippen molar-refractivity contribution < 1.29 is 19.4 Å². The number of hydrogen-bond acceptors (Lipinski definition) is 5. The van der Waals surface area contributed by atoms with Crippen LogP contribution in [0, 0.1) is 11.3 Å². The number of likely N-dealkylation sites (tertiary alicyclic amines) is 1. The number of pyridine rings is 1. The Hall–Kier alpha value is -2.31. The first-order chi connectivity index (χ1) is 15.9. The van der Waals surface area contributed by atoms with E-state index >= 15 is 0 Å². The molecule has 1 fully saturated rings. The van der Waals surface area contributed by atoms with Gasteiger partial charge < -0.3 is 20.1 Å². The number of aromatic nitrogens is 1. The van der Waals surface area contributed by atoms with Crippen molar-refractivity contribution in [2.75, 3.05) is 32.1 Å². The number of aryl methyl sites for hydroxylation is 2. The van der Waals surface area contributed by atoms with Gasteiger partial charge in [0.2, 0.25) is 0 Å². The molecule has 1 atom stereocenters. The van der Waals surface area contributed by atoms with Gasteiger partial charge in [0.1, 0.15) is 5.82 Å². The van der Waals surface area contributed by atoms with Crippen LogP contribution in [0.2, 0.25) is 0 Å². The van der Waals surface area contributed by atoms with Crippen LogP contribution >= 0.6 is 0 Å². The van der Waals surface area contributed by atoms with Gasteiger partial charge in [0.05, 0.1) is 13.0 Å². The number of ether oxygens (including phenoxy) is 1. The van der Waals surface area contributed by atoms with Gasteiger partial charge in [0.15, 0.2) is 0 Å². The third-order valence-electron chi connectivity index (χ3n) is 7.45. The minimum absolute atomic E-state index is 0.00153. The summed E-state index contributed by atoms with van der Waals surface area (Å²) < 4.78 is 5.09. The lowest BCUT2D eigenvalue weighted by atomic mass is 9.73. The third-order valence-corrected chi connectivity index (χ3v) is 7.45. The van der Waals surface area contributed by atoms with Gasteiger partial charge in [-0.2, -0.15) is 0 Å². The first-order valence-electron chi connectivity index (χ1n) is 12.7. The van der Waals surface area contributed by atoms with Crippen LogP contribution < -0.4 is 5.32 Å². The molecule has 0 bridgehead atoms. The minimum atomic E-state index is -0.847. The van der Waals surface area contributed by atoms with Crippen LogP contribution in [0.15, 0.2) is 12.1 Å². The number of carbonyl (C=O) groups is 2. The van der Waals surface area contributed by atoms with E-state index in [0.29, 0.717) is 13.1 Å². The summed E-state index contributed by atoms with van der Waals surface area (Å²) in [6.45, 7) is 4.31. The Balaban J connectivity index is 1.34. The molecule has 184 valence electrons. The highest BCUT2D eigenvalue weighted by Crippen LogP contribution is 2.39. The fourth-order valence-electron chi connectivity index (χ4n) is 5.24. The summed E-state index contributed by atoms with van der Waals surface area (Å²) >= 11 is 0. The van der Waals surface area contributed by atoms with Crippen molar-refractivity contribution in [2.24, 2.45) is 11.3 Å². The van der Waals surface area contributed by atoms with Crippen molar-refractivity contribution in [3.63, 3.8) is 0 Å². The Morgan fingerprint density at radius 1 is 1.18 bits per heavy atom. The number of esters is 1. The molecule has 1 saturated heterocycles. The lowest BCUT2D eigenvalue weighted by Crippen LogP contribution is -2.42. The van der Waals surface area contributed by atoms with E-state index in [0.717, 1.165) is 70.2 Å². The maximum absolute atomic E-state index is 12.4. The molecule has 7 heteroatoms. The zero-order valence-corrected chi connectivity index (χ0v) is 20.4. The molecule has 1 amide bonds. The molecule has 2 N–H and O–H groups in total. The highest BCUT2D eigenvalue weighted by molar-refractivity contribution is 5.72. The Bertz CT molecular complexity index is 790. The Morgan fingerprint density at radius 3 is 2.64 bits per heavy atom. The maximum Gasteiger partial charge on any atom is 0.407 e. The molecule has 7 nitrogen and oxygen atoms in total. The van der Waals surface area contributed by atoms with Crippen LogP contribution in [0.5, 0.6) is 0 Å². The summed E-state index contributed by atoms with van der Waals surface area (Å²) in [5.41, 5.74) is 2.52. The fraction of sp³-hybridized carbons (Fsp3) is 0.731. The number of methoxy groups -OCH3 is 1. The van der Waals surface area contributed by atoms with Crippen LogP contribution in [0.1, 0.15) is 82.4 Å². The average Bonchev–Trinajstić information content (AvgIpc) is 2.82. The first-order valence-corrected chi connectivity index (χ1v) is 12.7. The molecule has 2 aliphatic heterocycles. The largest absolute Gasteiger partial charge is 0.469 e. The van der Waals surface area contributed by atoms with Crippen molar-refractivity contribution in [3.05, 3.63) is 23.4 Å². The second-order valence-corrected chi connectivity index (χ2v) is 10.2. The number of amides is 1. The lowest BCUT2D eigenvalue weighted by molar-refractivity contribution is -0.147. The number of fused-ring (bicyclic) bond motifs is 1. The fourth-order valence-corrected chi connectivity index (χ4v) is 5.24. The highest BCUT2D eigenvalue weighted by atomic mass is 16.5. The van der Waals surface area contributed by atoms with Gasteiger partial charge in [-0.3, -0.25) is 4.79 Å². The number of anilines is 1. The van der Waals surface area contributed by atoms with Crippen LogP contribution in [0.4, 0.5) is 10.6 Å². The van der Waals surface area contributed by atoms with Crippen molar-refractivity contribution >= 4 is 17.9 Å². The highest BCUT2D eigenvalue weighted by Gasteiger charge is 2.36. The molecule has 3 rings (SSSR count). The molecule has 1 aromatic heterocycles. The average molecular weight is 460 g/mol. The minimum Gasteiger partial charge on any atom is -0.469 e. The number of unbranched alkanes of at least 4 members (excludes halogenated alkanes) is 4. The topological polar surface area (TPSA) is 91.8 Å². The number of piperidine rings is 1. The number of nitrogens with zero attached hydrogens (tertiary/aromatic N) is 2. The van der Waals surface area contributed by atoms with E-state index in [-0.39, 0.29) is 17.3 Å². The number of hydrogen-bond donors (Lipinski definition) is 2. The lowest BCUT2D eigenvalue weighted by Gasteiger charge is -2.39. The molecule has 0 aromatic carbocycles. The van der Waals surface area contributed by atoms with Gasteiger partial charge in [0, 0.05) is 25.3 Å². The number of carbonyl (C=O) groups excluding carboxylic acids is 1. The second kappa shape index (κ2) is 12.2. The predicted molar refractivity (Wildman–Crippen MR) is 130 cm³/mol. The molecular weight excluding hydrogens is 418 g/mol. The Kier molecular flexibility index (Phi) is 9.39. The summed E-state index contributed by atoms with van der Waals surface area (Å²) in [5.74, 6) is 0.863. The SMILES string of the molecule is COC(=O)C(CCCCCCCc1ccc2c(n1)NCCC2)CC1(C)CCN(C(=O)O)CC1. The van der Waals surface area contributed by atoms with Gasteiger partial charge in [-0.1, -0.05) is 38.7 Å². The summed E-state index contributed by atoms with van der Waals surface area (Å²) in [4.78, 5) is 29.8. The van der Waals surface area contributed by atoms with Crippen molar-refractivity contribution in [2.45, 2.75) is 84.0 Å². The molecule has 1 aromatic rings. The Morgan fingerprint density at radius 2 is 1.91 bits per heavy atom. The normalized spacial score (nSPS) is 18.2. The van der Waals surface area contributed by atoms with Crippen LogP contribution in [0.25, 0.3) is 0 Å². The molecule has 0 spiro atoms. The van der Waals surface area contributed by atoms with E-state index in [2.05, 4.69) is 24.4 Å². The molecule has 0 radical (unpaired) electrons. The van der Waals surface area contributed by atoms with Crippen LogP contribution in [-0.4, -0.2) is 53.8 Å². The van der Waals surface area contributed by atoms with Crippen molar-refractivity contribution in [1.82, 2.24) is 9.88 Å². The van der Waals surface area contributed by atoms with E-state index in [1.165, 1.54) is 42.5 Å². The predicted octanol–water partition coefficient (Wildman–Crippen LogP) is 5.28. The molecule has 3 heterocycles. The smallest absolute Gasteiger partial charge is 0.407 e. The number of carboxylic acid groups (broad SMARTS) is 1. The number of nitrogens with one attached hydrogen (secondary N) is 1. The van der Waals surface area contributed by atoms with Gasteiger partial charge in [0.25, 0.3) is 0 Å². The van der Waals surface area contributed by atoms with Gasteiger partial charge in [-0.15, -0.1) is 0 Å². The monoisotopic (exact) mass is 459 g/mol. The second-order valence-electron chi connectivity index (χ2n) is 10.2. The zero-order valence-electron chi connectivity index (χ0n) is 20.4. The van der Waals surface area contributed by atoms with E-state index < -0.39 is 6.09 Å². The van der Waals surface area contributed by atoms with Crippen molar-refractivity contribution in [1.29, 1.82) is 0 Å². The summed E-state index contributed by atoms with van der Waals surface area (Å²) in [7, 11) is 1.47.